The van der Waals surface area contributed by atoms with Crippen molar-refractivity contribution in [2.75, 3.05) is 19.7 Å². The number of nitrogens with zero attached hydrogens (tertiary/aromatic N) is 1. The molecule has 4 heteroatoms. The fourth-order valence-corrected chi connectivity index (χ4v) is 2.90. The van der Waals surface area contributed by atoms with E-state index in [4.69, 9.17) is 4.74 Å². The average Bonchev–Trinajstić information content (AvgIpc) is 2.43. The van der Waals surface area contributed by atoms with Gasteiger partial charge in [-0.3, -0.25) is 14.5 Å². The van der Waals surface area contributed by atoms with Gasteiger partial charge < -0.3 is 4.74 Å². The first-order valence-corrected chi connectivity index (χ1v) is 7.41. The summed E-state index contributed by atoms with van der Waals surface area (Å²) in [4.78, 5) is 26.6. The van der Waals surface area contributed by atoms with Crippen LogP contribution in [0.2, 0.25) is 0 Å². The average molecular weight is 289 g/mol. The van der Waals surface area contributed by atoms with Crippen LogP contribution < -0.4 is 0 Å². The van der Waals surface area contributed by atoms with E-state index < -0.39 is 17.3 Å². The summed E-state index contributed by atoms with van der Waals surface area (Å²) in [5, 5.41) is 0. The Hall–Kier alpha value is -1.68. The molecule has 0 bridgehead atoms. The molecule has 1 aliphatic heterocycles. The predicted octanol–water partition coefficient (Wildman–Crippen LogP) is 2.28. The molecule has 0 radical (unpaired) electrons. The molecule has 4 nitrogen and oxygen atoms in total. The van der Waals surface area contributed by atoms with Crippen LogP contribution in [0.3, 0.4) is 0 Å². The zero-order valence-corrected chi connectivity index (χ0v) is 13.0. The number of carbonyl (C=O) groups excluding carboxylic acids is 2. The maximum Gasteiger partial charge on any atom is 0.317 e. The van der Waals surface area contributed by atoms with Crippen LogP contribution in [0, 0.1) is 11.3 Å². The fourth-order valence-electron chi connectivity index (χ4n) is 2.90. The topological polar surface area (TPSA) is 46.6 Å². The fraction of sp³-hybridized carbons (Fsp3) is 0.529. The molecule has 0 saturated carbocycles. The van der Waals surface area contributed by atoms with E-state index in [1.54, 1.807) is 6.92 Å². The summed E-state index contributed by atoms with van der Waals surface area (Å²) in [5.74, 6) is -1.07. The Bertz CT molecular complexity index is 510. The maximum atomic E-state index is 12.4. The molecule has 1 aliphatic rings. The van der Waals surface area contributed by atoms with Crippen LogP contribution in [0.4, 0.5) is 0 Å². The second-order valence-corrected chi connectivity index (χ2v) is 6.21. The Kier molecular flexibility index (Phi) is 4.78. The molecule has 1 fully saturated rings. The van der Waals surface area contributed by atoms with E-state index in [1.807, 2.05) is 32.0 Å². The number of esters is 1. The van der Waals surface area contributed by atoms with Crippen molar-refractivity contribution in [2.45, 2.75) is 27.3 Å². The molecule has 1 atom stereocenters. The van der Waals surface area contributed by atoms with E-state index in [9.17, 15) is 9.59 Å². The molecule has 1 aromatic rings. The highest BCUT2D eigenvalue weighted by Gasteiger charge is 2.44. The van der Waals surface area contributed by atoms with E-state index in [-0.39, 0.29) is 5.78 Å². The Labute approximate surface area is 126 Å². The van der Waals surface area contributed by atoms with E-state index in [0.29, 0.717) is 19.7 Å². The van der Waals surface area contributed by atoms with Crippen molar-refractivity contribution in [1.29, 1.82) is 0 Å². The van der Waals surface area contributed by atoms with Crippen LogP contribution >= 0.6 is 0 Å². The maximum absolute atomic E-state index is 12.4. The molecule has 0 aliphatic carbocycles. The Balaban J connectivity index is 2.13. The van der Waals surface area contributed by atoms with Gasteiger partial charge >= 0.3 is 5.97 Å². The molecule has 1 heterocycles. The molecule has 0 amide bonds. The summed E-state index contributed by atoms with van der Waals surface area (Å²) in [6.07, 6.45) is 0. The van der Waals surface area contributed by atoms with Crippen molar-refractivity contribution in [1.82, 2.24) is 4.90 Å². The lowest BCUT2D eigenvalue weighted by Gasteiger charge is -2.40. The van der Waals surface area contributed by atoms with Gasteiger partial charge in [0.05, 0.1) is 6.61 Å². The number of benzene rings is 1. The number of rotatable bonds is 4. The van der Waals surface area contributed by atoms with Crippen molar-refractivity contribution >= 4 is 11.8 Å². The summed E-state index contributed by atoms with van der Waals surface area (Å²) in [5.41, 5.74) is 0.662. The number of ketones is 1. The lowest BCUT2D eigenvalue weighted by atomic mass is 9.77. The second-order valence-electron chi connectivity index (χ2n) is 6.21. The SMILES string of the molecule is CCOC(=O)[C@@H]1CN(Cc2ccccc2)CC(C)(C)C1=O. The van der Waals surface area contributed by atoms with Gasteiger partial charge in [0.25, 0.3) is 0 Å². The van der Waals surface area contributed by atoms with Gasteiger partial charge in [-0.05, 0) is 12.5 Å². The van der Waals surface area contributed by atoms with Crippen molar-refractivity contribution in [3.63, 3.8) is 0 Å². The quantitative estimate of drug-likeness (QED) is 0.630. The first-order valence-electron chi connectivity index (χ1n) is 7.41. The van der Waals surface area contributed by atoms with Crippen molar-refractivity contribution in [3.8, 4) is 0 Å². The van der Waals surface area contributed by atoms with Crippen molar-refractivity contribution < 1.29 is 14.3 Å². The number of ether oxygens (including phenoxy) is 1. The van der Waals surface area contributed by atoms with Crippen LogP contribution in [-0.4, -0.2) is 36.3 Å². The molecule has 114 valence electrons. The minimum absolute atomic E-state index is 0.00902. The standard InChI is InChI=1S/C17H23NO3/c1-4-21-16(20)14-11-18(12-17(2,3)15(14)19)10-13-8-6-5-7-9-13/h5-9,14H,4,10-12H2,1-3H3/t14-/m1/s1. The highest BCUT2D eigenvalue weighted by molar-refractivity contribution is 6.02. The summed E-state index contributed by atoms with van der Waals surface area (Å²) >= 11 is 0. The zero-order chi connectivity index (χ0) is 15.5. The number of carbonyl (C=O) groups is 2. The second kappa shape index (κ2) is 6.39. The van der Waals surface area contributed by atoms with Gasteiger partial charge in [-0.2, -0.15) is 0 Å². The summed E-state index contributed by atoms with van der Waals surface area (Å²) in [6, 6.07) is 10.1. The molecular formula is C17H23NO3. The molecule has 0 unspecified atom stereocenters. The van der Waals surface area contributed by atoms with Gasteiger partial charge in [-0.25, -0.2) is 0 Å². The number of Topliss-reactive ketones (excluding diaryl/α,β-unsaturated/α-hetero) is 1. The van der Waals surface area contributed by atoms with Crippen molar-refractivity contribution in [3.05, 3.63) is 35.9 Å². The van der Waals surface area contributed by atoms with E-state index in [0.717, 1.165) is 6.54 Å². The van der Waals surface area contributed by atoms with Crippen LogP contribution in [-0.2, 0) is 20.9 Å². The monoisotopic (exact) mass is 289 g/mol. The van der Waals surface area contributed by atoms with E-state index in [2.05, 4.69) is 17.0 Å². The number of piperidine rings is 1. The number of hydrogen-bond donors (Lipinski definition) is 0. The summed E-state index contributed by atoms with van der Waals surface area (Å²) < 4.78 is 5.06. The third-order valence-corrected chi connectivity index (χ3v) is 3.86. The van der Waals surface area contributed by atoms with Gasteiger partial charge in [-0.15, -0.1) is 0 Å². The van der Waals surface area contributed by atoms with Gasteiger partial charge in [0, 0.05) is 25.0 Å². The first-order chi connectivity index (χ1) is 9.94. The lowest BCUT2D eigenvalue weighted by molar-refractivity contribution is -0.158. The summed E-state index contributed by atoms with van der Waals surface area (Å²) in [6.45, 7) is 7.72. The van der Waals surface area contributed by atoms with Crippen LogP contribution in [0.1, 0.15) is 26.3 Å². The molecule has 0 aromatic heterocycles. The third kappa shape index (κ3) is 3.70. The zero-order valence-electron chi connectivity index (χ0n) is 13.0. The molecule has 1 aromatic carbocycles. The molecule has 21 heavy (non-hydrogen) atoms. The largest absolute Gasteiger partial charge is 0.465 e. The van der Waals surface area contributed by atoms with E-state index in [1.165, 1.54) is 5.56 Å². The lowest BCUT2D eigenvalue weighted by Crippen LogP contribution is -2.53. The highest BCUT2D eigenvalue weighted by Crippen LogP contribution is 2.30. The third-order valence-electron chi connectivity index (χ3n) is 3.86. The van der Waals surface area contributed by atoms with Gasteiger partial charge in [0.1, 0.15) is 5.92 Å². The van der Waals surface area contributed by atoms with Gasteiger partial charge in [0.15, 0.2) is 5.78 Å². The molecule has 0 spiro atoms. The normalized spacial score (nSPS) is 22.0. The van der Waals surface area contributed by atoms with E-state index >= 15 is 0 Å². The minimum atomic E-state index is -0.669. The Morgan fingerprint density at radius 2 is 2.00 bits per heavy atom. The minimum Gasteiger partial charge on any atom is -0.465 e. The van der Waals surface area contributed by atoms with Gasteiger partial charge in [0.2, 0.25) is 0 Å². The van der Waals surface area contributed by atoms with Crippen LogP contribution in [0.5, 0.6) is 0 Å². The van der Waals surface area contributed by atoms with Crippen molar-refractivity contribution in [2.24, 2.45) is 11.3 Å². The number of likely N-dealkylation sites (tertiary alicyclic amines) is 1. The highest BCUT2D eigenvalue weighted by atomic mass is 16.5. The molecule has 0 N–H and O–H groups in total. The van der Waals surface area contributed by atoms with Crippen LogP contribution in [0.15, 0.2) is 30.3 Å². The molecular weight excluding hydrogens is 266 g/mol. The summed E-state index contributed by atoms with van der Waals surface area (Å²) in [7, 11) is 0. The smallest absolute Gasteiger partial charge is 0.317 e. The van der Waals surface area contributed by atoms with Gasteiger partial charge in [-0.1, -0.05) is 44.2 Å². The predicted molar refractivity (Wildman–Crippen MR) is 80.6 cm³/mol. The Morgan fingerprint density at radius 3 is 2.62 bits per heavy atom. The molecule has 1 saturated heterocycles. The first kappa shape index (κ1) is 15.7. The Morgan fingerprint density at radius 1 is 1.33 bits per heavy atom. The van der Waals surface area contributed by atoms with Crippen LogP contribution in [0.25, 0.3) is 0 Å². The molecule has 2 rings (SSSR count). The number of hydrogen-bond acceptors (Lipinski definition) is 4.